The van der Waals surface area contributed by atoms with Crippen LogP contribution in [0.2, 0.25) is 0 Å². The van der Waals surface area contributed by atoms with E-state index in [9.17, 15) is 19.1 Å². The second kappa shape index (κ2) is 10.9. The van der Waals surface area contributed by atoms with Crippen molar-refractivity contribution in [1.29, 1.82) is 0 Å². The van der Waals surface area contributed by atoms with Gasteiger partial charge in [0.15, 0.2) is 0 Å². The normalized spacial score (nSPS) is 15.4. The first-order valence-electron chi connectivity index (χ1n) is 10.7. The van der Waals surface area contributed by atoms with Gasteiger partial charge in [-0.15, -0.1) is 0 Å². The molecular weight excluding hydrogens is 397 g/mol. The number of carbonyl (C=O) groups is 2. The predicted octanol–water partition coefficient (Wildman–Crippen LogP) is 3.33. The van der Waals surface area contributed by atoms with E-state index < -0.39 is 6.10 Å². The molecule has 0 aliphatic carbocycles. The number of aliphatic hydroxyl groups is 1. The van der Waals surface area contributed by atoms with Crippen LogP contribution in [0.4, 0.5) is 9.18 Å². The van der Waals surface area contributed by atoms with Gasteiger partial charge in [0, 0.05) is 39.6 Å². The lowest BCUT2D eigenvalue weighted by Gasteiger charge is -2.34. The monoisotopic (exact) mass is 427 g/mol. The minimum atomic E-state index is -0.663. The molecule has 0 spiro atoms. The molecule has 2 N–H and O–H groups in total. The zero-order valence-electron chi connectivity index (χ0n) is 17.8. The Hall–Kier alpha value is -2.93. The average Bonchev–Trinajstić information content (AvgIpc) is 2.79. The van der Waals surface area contributed by atoms with Crippen LogP contribution in [0.5, 0.6) is 0 Å². The number of nitrogens with one attached hydrogen (secondary N) is 1. The van der Waals surface area contributed by atoms with Gasteiger partial charge in [-0.2, -0.15) is 0 Å². The van der Waals surface area contributed by atoms with Gasteiger partial charge in [-0.3, -0.25) is 4.79 Å². The maximum Gasteiger partial charge on any atom is 0.317 e. The standard InChI is InChI=1S/C24H30FN3O3/c1-27(17-18-5-3-2-4-6-18)22(29)11-14-26-24(31)28-15-12-20(13-16-28)23(30)19-7-9-21(25)10-8-19/h2-10,20,23,30H,11-17H2,1H3,(H,26,31). The summed E-state index contributed by atoms with van der Waals surface area (Å²) in [5, 5.41) is 13.4. The number of nitrogens with zero attached hydrogens (tertiary/aromatic N) is 2. The van der Waals surface area contributed by atoms with E-state index in [1.54, 1.807) is 29.0 Å². The molecular formula is C24H30FN3O3. The summed E-state index contributed by atoms with van der Waals surface area (Å²) in [5.74, 6) is -0.319. The summed E-state index contributed by atoms with van der Waals surface area (Å²) in [6.07, 6.45) is 0.924. The van der Waals surface area contributed by atoms with Crippen molar-refractivity contribution in [1.82, 2.24) is 15.1 Å². The molecule has 2 aromatic carbocycles. The number of rotatable bonds is 7. The lowest BCUT2D eigenvalue weighted by atomic mass is 9.87. The molecule has 7 heteroatoms. The highest BCUT2D eigenvalue weighted by Crippen LogP contribution is 2.30. The SMILES string of the molecule is CN(Cc1ccccc1)C(=O)CCNC(=O)N1CCC(C(O)c2ccc(F)cc2)CC1. The van der Waals surface area contributed by atoms with Crippen LogP contribution in [-0.2, 0) is 11.3 Å². The van der Waals surface area contributed by atoms with Crippen LogP contribution in [0.1, 0.15) is 36.5 Å². The number of aliphatic hydroxyl groups excluding tert-OH is 1. The Morgan fingerprint density at radius 1 is 1.13 bits per heavy atom. The fourth-order valence-corrected chi connectivity index (χ4v) is 3.87. The molecule has 6 nitrogen and oxygen atoms in total. The van der Waals surface area contributed by atoms with Crippen molar-refractivity contribution in [2.45, 2.75) is 31.9 Å². The van der Waals surface area contributed by atoms with Crippen molar-refractivity contribution in [3.63, 3.8) is 0 Å². The summed E-state index contributed by atoms with van der Waals surface area (Å²) in [4.78, 5) is 28.1. The van der Waals surface area contributed by atoms with E-state index in [-0.39, 0.29) is 36.6 Å². The fraction of sp³-hybridized carbons (Fsp3) is 0.417. The lowest BCUT2D eigenvalue weighted by molar-refractivity contribution is -0.130. The number of hydrogen-bond acceptors (Lipinski definition) is 3. The maximum absolute atomic E-state index is 13.1. The summed E-state index contributed by atoms with van der Waals surface area (Å²) in [5.41, 5.74) is 1.76. The van der Waals surface area contributed by atoms with Crippen molar-refractivity contribution in [3.8, 4) is 0 Å². The Kier molecular flexibility index (Phi) is 8.00. The lowest BCUT2D eigenvalue weighted by Crippen LogP contribution is -2.46. The van der Waals surface area contributed by atoms with E-state index in [1.807, 2.05) is 30.3 Å². The Morgan fingerprint density at radius 3 is 2.42 bits per heavy atom. The molecule has 0 bridgehead atoms. The van der Waals surface area contributed by atoms with Crippen molar-refractivity contribution < 1.29 is 19.1 Å². The quantitative estimate of drug-likeness (QED) is 0.712. The highest BCUT2D eigenvalue weighted by Gasteiger charge is 2.28. The van der Waals surface area contributed by atoms with Gasteiger partial charge in [0.05, 0.1) is 6.10 Å². The van der Waals surface area contributed by atoms with E-state index in [2.05, 4.69) is 5.32 Å². The van der Waals surface area contributed by atoms with Crippen LogP contribution in [0, 0.1) is 11.7 Å². The molecule has 1 aliphatic heterocycles. The van der Waals surface area contributed by atoms with Crippen LogP contribution in [-0.4, -0.2) is 53.5 Å². The highest BCUT2D eigenvalue weighted by molar-refractivity contribution is 5.78. The Morgan fingerprint density at radius 2 is 1.77 bits per heavy atom. The second-order valence-corrected chi connectivity index (χ2v) is 8.04. The minimum absolute atomic E-state index is 0.0229. The molecule has 1 fully saturated rings. The van der Waals surface area contributed by atoms with E-state index in [1.165, 1.54) is 12.1 Å². The zero-order chi connectivity index (χ0) is 22.2. The van der Waals surface area contributed by atoms with Gasteiger partial charge in [0.1, 0.15) is 5.82 Å². The van der Waals surface area contributed by atoms with Crippen molar-refractivity contribution >= 4 is 11.9 Å². The molecule has 1 unspecified atom stereocenters. The third-order valence-electron chi connectivity index (χ3n) is 5.79. The van der Waals surface area contributed by atoms with Crippen LogP contribution in [0.25, 0.3) is 0 Å². The summed E-state index contributed by atoms with van der Waals surface area (Å²) < 4.78 is 13.1. The molecule has 1 aliphatic rings. The van der Waals surface area contributed by atoms with Crippen LogP contribution in [0.15, 0.2) is 54.6 Å². The summed E-state index contributed by atoms with van der Waals surface area (Å²) >= 11 is 0. The maximum atomic E-state index is 13.1. The fourth-order valence-electron chi connectivity index (χ4n) is 3.87. The number of benzene rings is 2. The van der Waals surface area contributed by atoms with Gasteiger partial charge in [-0.05, 0) is 42.0 Å². The molecule has 0 radical (unpaired) electrons. The first-order valence-corrected chi connectivity index (χ1v) is 10.7. The van der Waals surface area contributed by atoms with E-state index in [4.69, 9.17) is 0 Å². The van der Waals surface area contributed by atoms with Gasteiger partial charge < -0.3 is 20.2 Å². The van der Waals surface area contributed by atoms with Crippen molar-refractivity contribution in [2.24, 2.45) is 5.92 Å². The molecule has 166 valence electrons. The highest BCUT2D eigenvalue weighted by atomic mass is 19.1. The molecule has 3 rings (SSSR count). The Balaban J connectivity index is 1.37. The largest absolute Gasteiger partial charge is 0.388 e. The number of urea groups is 1. The van der Waals surface area contributed by atoms with Gasteiger partial charge >= 0.3 is 6.03 Å². The predicted molar refractivity (Wildman–Crippen MR) is 117 cm³/mol. The molecule has 1 atom stereocenters. The van der Waals surface area contributed by atoms with Crippen molar-refractivity contribution in [2.75, 3.05) is 26.7 Å². The third kappa shape index (κ3) is 6.52. The molecule has 1 saturated heterocycles. The molecule has 1 heterocycles. The second-order valence-electron chi connectivity index (χ2n) is 8.04. The number of hydrogen-bond donors (Lipinski definition) is 2. The van der Waals surface area contributed by atoms with Gasteiger partial charge in [0.25, 0.3) is 0 Å². The number of piperidine rings is 1. The van der Waals surface area contributed by atoms with Crippen LogP contribution in [0.3, 0.4) is 0 Å². The van der Waals surface area contributed by atoms with E-state index in [0.29, 0.717) is 38.0 Å². The van der Waals surface area contributed by atoms with Crippen LogP contribution >= 0.6 is 0 Å². The summed E-state index contributed by atoms with van der Waals surface area (Å²) in [6, 6.07) is 15.5. The van der Waals surface area contributed by atoms with Crippen LogP contribution < -0.4 is 5.32 Å². The van der Waals surface area contributed by atoms with Crippen molar-refractivity contribution in [3.05, 3.63) is 71.5 Å². The molecule has 0 aromatic heterocycles. The Bertz CT molecular complexity index is 852. The number of amides is 3. The van der Waals surface area contributed by atoms with Gasteiger partial charge in [-0.1, -0.05) is 42.5 Å². The molecule has 3 amide bonds. The molecule has 0 saturated carbocycles. The van der Waals surface area contributed by atoms with Gasteiger partial charge in [0.2, 0.25) is 5.91 Å². The number of likely N-dealkylation sites (tertiary alicyclic amines) is 1. The summed E-state index contributed by atoms with van der Waals surface area (Å²) in [7, 11) is 1.76. The first kappa shape index (κ1) is 22.7. The first-order chi connectivity index (χ1) is 14.9. The topological polar surface area (TPSA) is 72.9 Å². The molecule has 31 heavy (non-hydrogen) atoms. The average molecular weight is 428 g/mol. The third-order valence-corrected chi connectivity index (χ3v) is 5.79. The number of halogens is 1. The van der Waals surface area contributed by atoms with E-state index >= 15 is 0 Å². The van der Waals surface area contributed by atoms with E-state index in [0.717, 1.165) is 5.56 Å². The number of carbonyl (C=O) groups excluding carboxylic acids is 2. The van der Waals surface area contributed by atoms with Gasteiger partial charge in [-0.25, -0.2) is 9.18 Å². The zero-order valence-corrected chi connectivity index (χ0v) is 17.8. The molecule has 2 aromatic rings. The Labute approximate surface area is 182 Å². The smallest absolute Gasteiger partial charge is 0.317 e. The minimum Gasteiger partial charge on any atom is -0.388 e. The summed E-state index contributed by atoms with van der Waals surface area (Å²) in [6.45, 7) is 1.90.